The fourth-order valence-corrected chi connectivity index (χ4v) is 2.56. The van der Waals surface area contributed by atoms with E-state index in [0.29, 0.717) is 23.3 Å². The van der Waals surface area contributed by atoms with Crippen molar-refractivity contribution in [3.8, 4) is 0 Å². The van der Waals surface area contributed by atoms with Gasteiger partial charge in [-0.3, -0.25) is 4.79 Å². The molecule has 102 valence electrons. The Morgan fingerprint density at radius 2 is 2.21 bits per heavy atom. The number of nitrogens with zero attached hydrogens (tertiary/aromatic N) is 1. The van der Waals surface area contributed by atoms with Crippen LogP contribution in [0.25, 0.3) is 11.1 Å². The molecule has 0 atom stereocenters. The van der Waals surface area contributed by atoms with Crippen molar-refractivity contribution in [2.75, 3.05) is 18.0 Å². The van der Waals surface area contributed by atoms with Crippen molar-refractivity contribution in [1.82, 2.24) is 10.3 Å². The van der Waals surface area contributed by atoms with Gasteiger partial charge in [0, 0.05) is 12.2 Å². The molecule has 2 aromatic rings. The van der Waals surface area contributed by atoms with Gasteiger partial charge in [0.2, 0.25) is 15.7 Å². The Morgan fingerprint density at radius 3 is 2.89 bits per heavy atom. The number of hydrogen-bond acceptors (Lipinski definition) is 6. The van der Waals surface area contributed by atoms with Crippen LogP contribution < -0.4 is 11.1 Å². The van der Waals surface area contributed by atoms with Gasteiger partial charge in [-0.15, -0.1) is 0 Å². The van der Waals surface area contributed by atoms with E-state index >= 15 is 0 Å². The third-order valence-corrected chi connectivity index (χ3v) is 3.70. The molecule has 0 bridgehead atoms. The first-order chi connectivity index (χ1) is 8.92. The van der Waals surface area contributed by atoms with Gasteiger partial charge in [0.15, 0.2) is 5.58 Å². The number of fused-ring (bicyclic) bond motifs is 1. The summed E-state index contributed by atoms with van der Waals surface area (Å²) >= 11 is 0. The van der Waals surface area contributed by atoms with Gasteiger partial charge in [0.25, 0.3) is 0 Å². The molecule has 0 fully saturated rings. The van der Waals surface area contributed by atoms with E-state index in [2.05, 4.69) is 10.3 Å². The molecule has 7 nitrogen and oxygen atoms in total. The fourth-order valence-electron chi connectivity index (χ4n) is 1.54. The molecule has 0 spiro atoms. The number of carbonyl (C=O) groups is 1. The van der Waals surface area contributed by atoms with E-state index < -0.39 is 26.7 Å². The first kappa shape index (κ1) is 13.3. The Kier molecular flexibility index (Phi) is 3.43. The Balaban J connectivity index is 2.35. The maximum Gasteiger partial charge on any atom is 0.316 e. The van der Waals surface area contributed by atoms with Crippen LogP contribution in [0.5, 0.6) is 0 Å². The topological polar surface area (TPSA) is 115 Å². The SMILES string of the molecule is CCNC(=O)CS(=O)(=O)c1nc2cc(N)ccc2o1. The summed E-state index contributed by atoms with van der Waals surface area (Å²) in [5.41, 5.74) is 6.67. The molecule has 1 heterocycles. The first-order valence-corrected chi connectivity index (χ1v) is 7.23. The number of nitrogen functional groups attached to an aromatic ring is 1. The number of oxazole rings is 1. The van der Waals surface area contributed by atoms with Crippen molar-refractivity contribution in [1.29, 1.82) is 0 Å². The number of aromatic nitrogens is 1. The van der Waals surface area contributed by atoms with E-state index in [1.165, 1.54) is 12.1 Å². The number of benzene rings is 1. The Morgan fingerprint density at radius 1 is 1.47 bits per heavy atom. The standard InChI is InChI=1S/C11H13N3O4S/c1-2-13-10(15)6-19(16,17)11-14-8-5-7(12)3-4-9(8)18-11/h3-5H,2,6,12H2,1H3,(H,13,15). The predicted molar refractivity (Wildman–Crippen MR) is 69.2 cm³/mol. The minimum absolute atomic E-state index is 0.309. The molecule has 0 unspecified atom stereocenters. The van der Waals surface area contributed by atoms with Crippen LogP contribution in [-0.4, -0.2) is 31.6 Å². The molecule has 0 aliphatic rings. The summed E-state index contributed by atoms with van der Waals surface area (Å²) in [6.45, 7) is 2.06. The van der Waals surface area contributed by atoms with E-state index in [0.717, 1.165) is 0 Å². The Bertz CT molecular complexity index is 721. The molecule has 2 rings (SSSR count). The highest BCUT2D eigenvalue weighted by Gasteiger charge is 2.25. The number of rotatable bonds is 4. The third kappa shape index (κ3) is 2.84. The smallest absolute Gasteiger partial charge is 0.316 e. The minimum atomic E-state index is -3.89. The average molecular weight is 283 g/mol. The summed E-state index contributed by atoms with van der Waals surface area (Å²) in [6.07, 6.45) is 0. The molecule has 0 radical (unpaired) electrons. The number of hydrogen-bond donors (Lipinski definition) is 2. The van der Waals surface area contributed by atoms with E-state index in [-0.39, 0.29) is 0 Å². The second-order valence-electron chi connectivity index (χ2n) is 3.92. The lowest BCUT2D eigenvalue weighted by atomic mass is 10.3. The van der Waals surface area contributed by atoms with Crippen LogP contribution in [0.2, 0.25) is 0 Å². The summed E-state index contributed by atoms with van der Waals surface area (Å²) in [7, 11) is -3.89. The van der Waals surface area contributed by atoms with E-state index in [4.69, 9.17) is 10.2 Å². The summed E-state index contributed by atoms with van der Waals surface area (Å²) in [5.74, 6) is -1.28. The van der Waals surface area contributed by atoms with Crippen LogP contribution >= 0.6 is 0 Å². The van der Waals surface area contributed by atoms with Gasteiger partial charge in [-0.05, 0) is 25.1 Å². The van der Waals surface area contributed by atoms with Crippen molar-refractivity contribution >= 4 is 32.5 Å². The maximum absolute atomic E-state index is 11.9. The summed E-state index contributed by atoms with van der Waals surface area (Å²) in [5, 5.41) is 1.93. The van der Waals surface area contributed by atoms with Gasteiger partial charge in [0.1, 0.15) is 11.3 Å². The summed E-state index contributed by atoms with van der Waals surface area (Å²) in [6, 6.07) is 4.61. The number of carbonyl (C=O) groups excluding carboxylic acids is 1. The van der Waals surface area contributed by atoms with Gasteiger partial charge in [0.05, 0.1) is 0 Å². The maximum atomic E-state index is 11.9. The van der Waals surface area contributed by atoms with E-state index in [9.17, 15) is 13.2 Å². The number of sulfone groups is 1. The van der Waals surface area contributed by atoms with Crippen LogP contribution in [0.3, 0.4) is 0 Å². The van der Waals surface area contributed by atoms with E-state index in [1.807, 2.05) is 0 Å². The van der Waals surface area contributed by atoms with Crippen molar-refractivity contribution in [3.63, 3.8) is 0 Å². The summed E-state index contributed by atoms with van der Waals surface area (Å²) < 4.78 is 29.0. The molecule has 0 aliphatic heterocycles. The molecule has 0 aliphatic carbocycles. The van der Waals surface area contributed by atoms with Gasteiger partial charge in [-0.2, -0.15) is 4.98 Å². The Labute approximate surface area is 109 Å². The quantitative estimate of drug-likeness (QED) is 0.781. The average Bonchev–Trinajstić information content (AvgIpc) is 2.72. The number of amides is 1. The van der Waals surface area contributed by atoms with Gasteiger partial charge in [-0.1, -0.05) is 0 Å². The molecular formula is C11H13N3O4S. The van der Waals surface area contributed by atoms with Gasteiger partial charge < -0.3 is 15.5 Å². The summed E-state index contributed by atoms with van der Waals surface area (Å²) in [4.78, 5) is 15.2. The van der Waals surface area contributed by atoms with Crippen LogP contribution in [0.15, 0.2) is 27.8 Å². The highest BCUT2D eigenvalue weighted by molar-refractivity contribution is 7.91. The predicted octanol–water partition coefficient (Wildman–Crippen LogP) is 0.320. The molecule has 8 heteroatoms. The lowest BCUT2D eigenvalue weighted by Gasteiger charge is -2.00. The largest absolute Gasteiger partial charge is 0.428 e. The molecule has 1 amide bonds. The monoisotopic (exact) mass is 283 g/mol. The van der Waals surface area contributed by atoms with Crippen LogP contribution in [-0.2, 0) is 14.6 Å². The molecule has 1 aromatic carbocycles. The first-order valence-electron chi connectivity index (χ1n) is 5.58. The number of nitrogens with one attached hydrogen (secondary N) is 1. The number of anilines is 1. The van der Waals surface area contributed by atoms with Crippen LogP contribution in [0, 0.1) is 0 Å². The molecule has 19 heavy (non-hydrogen) atoms. The molecule has 3 N–H and O–H groups in total. The number of nitrogens with two attached hydrogens (primary N) is 1. The van der Waals surface area contributed by atoms with E-state index in [1.54, 1.807) is 13.0 Å². The minimum Gasteiger partial charge on any atom is -0.428 e. The van der Waals surface area contributed by atoms with Gasteiger partial charge in [-0.25, -0.2) is 8.42 Å². The third-order valence-electron chi connectivity index (χ3n) is 2.35. The molecular weight excluding hydrogens is 270 g/mol. The van der Waals surface area contributed by atoms with Crippen molar-refractivity contribution in [2.45, 2.75) is 12.1 Å². The van der Waals surface area contributed by atoms with Gasteiger partial charge >= 0.3 is 5.22 Å². The van der Waals surface area contributed by atoms with Crippen molar-refractivity contribution in [3.05, 3.63) is 18.2 Å². The lowest BCUT2D eigenvalue weighted by molar-refractivity contribution is -0.118. The fraction of sp³-hybridized carbons (Fsp3) is 0.273. The second kappa shape index (κ2) is 4.88. The van der Waals surface area contributed by atoms with Crippen molar-refractivity contribution < 1.29 is 17.6 Å². The molecule has 1 aromatic heterocycles. The normalized spacial score (nSPS) is 11.6. The molecule has 0 saturated carbocycles. The highest BCUT2D eigenvalue weighted by atomic mass is 32.2. The zero-order valence-electron chi connectivity index (χ0n) is 10.2. The van der Waals surface area contributed by atoms with Crippen LogP contribution in [0.4, 0.5) is 5.69 Å². The zero-order valence-corrected chi connectivity index (χ0v) is 11.0. The van der Waals surface area contributed by atoms with Crippen LogP contribution in [0.1, 0.15) is 6.92 Å². The van der Waals surface area contributed by atoms with Crippen molar-refractivity contribution in [2.24, 2.45) is 0 Å². The second-order valence-corrected chi connectivity index (χ2v) is 5.79. The lowest BCUT2D eigenvalue weighted by Crippen LogP contribution is -2.30. The zero-order chi connectivity index (χ0) is 14.0. The molecule has 0 saturated heterocycles. The highest BCUT2D eigenvalue weighted by Crippen LogP contribution is 2.21. The Hall–Kier alpha value is -2.09.